The fraction of sp³-hybridized carbons (Fsp3) is 0.118. The Morgan fingerprint density at radius 2 is 2.00 bits per heavy atom. The number of ketones is 1. The van der Waals surface area contributed by atoms with Crippen LogP contribution in [0.1, 0.15) is 21.5 Å². The van der Waals surface area contributed by atoms with Crippen LogP contribution in [0.15, 0.2) is 48.7 Å². The third-order valence-electron chi connectivity index (χ3n) is 3.56. The third kappa shape index (κ3) is 2.23. The van der Waals surface area contributed by atoms with Gasteiger partial charge in [-0.3, -0.25) is 4.79 Å². The number of Topliss-reactive ketones (excluding diaryl/α,β-unsaturated/α-hetero) is 1. The molecule has 0 fully saturated rings. The number of aryl methyl sites for hydroxylation is 1. The first-order chi connectivity index (χ1) is 9.65. The van der Waals surface area contributed by atoms with Crippen molar-refractivity contribution in [3.05, 3.63) is 71.2 Å². The number of aromatic amines is 1. The molecule has 0 unspecified atom stereocenters. The van der Waals surface area contributed by atoms with Gasteiger partial charge < -0.3 is 4.98 Å². The smallest absolute Gasteiger partial charge is 0.169 e. The predicted molar refractivity (Wildman–Crippen MR) is 77.5 cm³/mol. The molecule has 2 nitrogen and oxygen atoms in total. The molecule has 0 aliphatic heterocycles. The zero-order chi connectivity index (χ0) is 14.1. The second-order valence-corrected chi connectivity index (χ2v) is 4.92. The summed E-state index contributed by atoms with van der Waals surface area (Å²) in [5.74, 6) is -0.269. The summed E-state index contributed by atoms with van der Waals surface area (Å²) in [5, 5.41) is 0.769. The van der Waals surface area contributed by atoms with Crippen molar-refractivity contribution in [2.75, 3.05) is 0 Å². The minimum Gasteiger partial charge on any atom is -0.360 e. The molecule has 0 aliphatic rings. The van der Waals surface area contributed by atoms with E-state index < -0.39 is 0 Å². The van der Waals surface area contributed by atoms with E-state index in [4.69, 9.17) is 0 Å². The van der Waals surface area contributed by atoms with E-state index in [1.54, 1.807) is 12.3 Å². The summed E-state index contributed by atoms with van der Waals surface area (Å²) >= 11 is 0. The van der Waals surface area contributed by atoms with Crippen LogP contribution < -0.4 is 0 Å². The standard InChI is InChI=1S/C17H14FNO/c1-11-4-2-3-5-12(11)8-17(20)15-10-19-16-9-13(18)6-7-14(15)16/h2-7,9-10,19H,8H2,1H3. The van der Waals surface area contributed by atoms with Gasteiger partial charge in [0.05, 0.1) is 0 Å². The maximum absolute atomic E-state index is 13.1. The van der Waals surface area contributed by atoms with Crippen molar-refractivity contribution >= 4 is 16.7 Å². The monoisotopic (exact) mass is 267 g/mol. The number of fused-ring (bicyclic) bond motifs is 1. The molecule has 3 rings (SSSR count). The summed E-state index contributed by atoms with van der Waals surface area (Å²) in [7, 11) is 0. The van der Waals surface area contributed by atoms with Gasteiger partial charge in [-0.25, -0.2) is 4.39 Å². The summed E-state index contributed by atoms with van der Waals surface area (Å²) in [6.07, 6.45) is 2.02. The zero-order valence-corrected chi connectivity index (χ0v) is 11.1. The van der Waals surface area contributed by atoms with Crippen molar-refractivity contribution in [2.24, 2.45) is 0 Å². The van der Waals surface area contributed by atoms with E-state index in [-0.39, 0.29) is 11.6 Å². The lowest BCUT2D eigenvalue weighted by Gasteiger charge is -2.04. The van der Waals surface area contributed by atoms with Gasteiger partial charge in [-0.1, -0.05) is 24.3 Å². The maximum Gasteiger partial charge on any atom is 0.169 e. The van der Waals surface area contributed by atoms with Gasteiger partial charge in [-0.2, -0.15) is 0 Å². The van der Waals surface area contributed by atoms with Crippen LogP contribution in [0.4, 0.5) is 4.39 Å². The lowest BCUT2D eigenvalue weighted by molar-refractivity contribution is 0.0994. The van der Waals surface area contributed by atoms with E-state index in [2.05, 4.69) is 4.98 Å². The molecular formula is C17H14FNO. The molecule has 0 saturated carbocycles. The maximum atomic E-state index is 13.1. The van der Waals surface area contributed by atoms with Crippen LogP contribution in [0.5, 0.6) is 0 Å². The molecule has 0 amide bonds. The average Bonchev–Trinajstić information content (AvgIpc) is 2.84. The van der Waals surface area contributed by atoms with Crippen molar-refractivity contribution in [1.29, 1.82) is 0 Å². The molecule has 3 heteroatoms. The zero-order valence-electron chi connectivity index (χ0n) is 11.1. The second-order valence-electron chi connectivity index (χ2n) is 4.92. The molecule has 0 atom stereocenters. The van der Waals surface area contributed by atoms with Crippen molar-refractivity contribution in [3.8, 4) is 0 Å². The minimum absolute atomic E-state index is 0.0390. The van der Waals surface area contributed by atoms with Gasteiger partial charge in [0.2, 0.25) is 0 Å². The Hall–Kier alpha value is -2.42. The summed E-state index contributed by atoms with van der Waals surface area (Å²) in [4.78, 5) is 15.4. The predicted octanol–water partition coefficient (Wildman–Crippen LogP) is 4.04. The molecular weight excluding hydrogens is 253 g/mol. The van der Waals surface area contributed by atoms with Gasteiger partial charge >= 0.3 is 0 Å². The molecule has 0 aliphatic carbocycles. The number of carbonyl (C=O) groups is 1. The first kappa shape index (κ1) is 12.6. The number of halogens is 1. The van der Waals surface area contributed by atoms with Gasteiger partial charge in [0.1, 0.15) is 5.82 Å². The van der Waals surface area contributed by atoms with Crippen molar-refractivity contribution in [2.45, 2.75) is 13.3 Å². The fourth-order valence-corrected chi connectivity index (χ4v) is 2.41. The third-order valence-corrected chi connectivity index (χ3v) is 3.56. The largest absolute Gasteiger partial charge is 0.360 e. The van der Waals surface area contributed by atoms with Crippen molar-refractivity contribution in [1.82, 2.24) is 4.98 Å². The van der Waals surface area contributed by atoms with Crippen LogP contribution in [0.2, 0.25) is 0 Å². The molecule has 20 heavy (non-hydrogen) atoms. The van der Waals surface area contributed by atoms with E-state index in [1.807, 2.05) is 31.2 Å². The summed E-state index contributed by atoms with van der Waals surface area (Å²) in [6, 6.07) is 12.3. The van der Waals surface area contributed by atoms with Crippen LogP contribution in [-0.4, -0.2) is 10.8 Å². The Bertz CT molecular complexity index is 789. The molecule has 1 aromatic heterocycles. The van der Waals surface area contributed by atoms with Gasteiger partial charge in [-0.15, -0.1) is 0 Å². The summed E-state index contributed by atoms with van der Waals surface area (Å²) in [5.41, 5.74) is 3.39. The number of hydrogen-bond donors (Lipinski definition) is 1. The molecule has 1 heterocycles. The van der Waals surface area contributed by atoms with E-state index in [0.29, 0.717) is 17.5 Å². The highest BCUT2D eigenvalue weighted by Crippen LogP contribution is 2.21. The number of hydrogen-bond acceptors (Lipinski definition) is 1. The molecule has 1 N–H and O–H groups in total. The Morgan fingerprint density at radius 1 is 1.20 bits per heavy atom. The van der Waals surface area contributed by atoms with Crippen LogP contribution in [0, 0.1) is 12.7 Å². The van der Waals surface area contributed by atoms with Gasteiger partial charge in [-0.05, 0) is 36.2 Å². The Labute approximate surface area is 116 Å². The van der Waals surface area contributed by atoms with Gasteiger partial charge in [0.25, 0.3) is 0 Å². The van der Waals surface area contributed by atoms with E-state index in [9.17, 15) is 9.18 Å². The normalized spacial score (nSPS) is 10.9. The first-order valence-corrected chi connectivity index (χ1v) is 6.49. The van der Waals surface area contributed by atoms with Crippen LogP contribution in [0.25, 0.3) is 10.9 Å². The SMILES string of the molecule is Cc1ccccc1CC(=O)c1c[nH]c2cc(F)ccc12. The highest BCUT2D eigenvalue weighted by molar-refractivity contribution is 6.08. The second kappa shape index (κ2) is 4.93. The van der Waals surface area contributed by atoms with Crippen LogP contribution >= 0.6 is 0 Å². The quantitative estimate of drug-likeness (QED) is 0.714. The number of aromatic nitrogens is 1. The molecule has 0 radical (unpaired) electrons. The van der Waals surface area contributed by atoms with E-state index in [1.165, 1.54) is 12.1 Å². The first-order valence-electron chi connectivity index (χ1n) is 6.49. The molecule has 0 bridgehead atoms. The number of benzene rings is 2. The van der Waals surface area contributed by atoms with Crippen molar-refractivity contribution < 1.29 is 9.18 Å². The molecule has 3 aromatic rings. The lowest BCUT2D eigenvalue weighted by Crippen LogP contribution is -2.04. The molecule has 0 spiro atoms. The summed E-state index contributed by atoms with van der Waals surface area (Å²) in [6.45, 7) is 1.99. The Balaban J connectivity index is 1.95. The number of H-pyrrole nitrogens is 1. The number of carbonyl (C=O) groups excluding carboxylic acids is 1. The Morgan fingerprint density at radius 3 is 2.80 bits per heavy atom. The topological polar surface area (TPSA) is 32.9 Å². The summed E-state index contributed by atoms with van der Waals surface area (Å²) < 4.78 is 13.1. The molecule has 2 aromatic carbocycles. The highest BCUT2D eigenvalue weighted by atomic mass is 19.1. The van der Waals surface area contributed by atoms with Gasteiger partial charge in [0, 0.05) is 29.1 Å². The average molecular weight is 267 g/mol. The van der Waals surface area contributed by atoms with E-state index in [0.717, 1.165) is 16.5 Å². The molecule has 0 saturated heterocycles. The Kier molecular flexibility index (Phi) is 3.11. The highest BCUT2D eigenvalue weighted by Gasteiger charge is 2.13. The van der Waals surface area contributed by atoms with Crippen LogP contribution in [0.3, 0.4) is 0 Å². The van der Waals surface area contributed by atoms with E-state index >= 15 is 0 Å². The van der Waals surface area contributed by atoms with Gasteiger partial charge in [0.15, 0.2) is 5.78 Å². The number of rotatable bonds is 3. The van der Waals surface area contributed by atoms with Crippen molar-refractivity contribution in [3.63, 3.8) is 0 Å². The minimum atomic E-state index is -0.308. The molecule has 100 valence electrons. The fourth-order valence-electron chi connectivity index (χ4n) is 2.41. The number of nitrogens with one attached hydrogen (secondary N) is 1. The van der Waals surface area contributed by atoms with Crippen LogP contribution in [-0.2, 0) is 6.42 Å². The lowest BCUT2D eigenvalue weighted by atomic mass is 9.99.